The molecule has 0 saturated heterocycles. The molecule has 0 aliphatic rings. The van der Waals surface area contributed by atoms with Crippen LogP contribution in [0, 0.1) is 0 Å². The summed E-state index contributed by atoms with van der Waals surface area (Å²) >= 11 is 0. The molecular formula is C10H25N5. The molecule has 0 aromatic carbocycles. The van der Waals surface area contributed by atoms with E-state index in [2.05, 4.69) is 48.6 Å². The number of rotatable bonds is 6. The van der Waals surface area contributed by atoms with Gasteiger partial charge < -0.3 is 10.2 Å². The number of nitrogens with zero attached hydrogens (tertiary/aromatic N) is 2. The molecule has 0 heterocycles. The number of hydrazine groups is 1. The molecule has 0 spiro atoms. The Balaban J connectivity index is 3.84. The van der Waals surface area contributed by atoms with Crippen LogP contribution < -0.4 is 16.6 Å². The van der Waals surface area contributed by atoms with Crippen molar-refractivity contribution in [2.75, 3.05) is 27.2 Å². The van der Waals surface area contributed by atoms with Crippen molar-refractivity contribution >= 4 is 5.96 Å². The number of guanidine groups is 1. The van der Waals surface area contributed by atoms with Crippen LogP contribution in [0.15, 0.2) is 4.99 Å². The van der Waals surface area contributed by atoms with E-state index in [1.807, 2.05) is 0 Å². The summed E-state index contributed by atoms with van der Waals surface area (Å²) in [5, 5.41) is 3.24. The smallest absolute Gasteiger partial charge is 0.205 e. The lowest BCUT2D eigenvalue weighted by atomic mass is 10.2. The minimum Gasteiger partial charge on any atom is -0.353 e. The SMILES string of the molecule is CCCN=C(NN)NC(C)CCN(C)C. The zero-order chi connectivity index (χ0) is 11.7. The molecule has 15 heavy (non-hydrogen) atoms. The van der Waals surface area contributed by atoms with Gasteiger partial charge in [0.15, 0.2) is 0 Å². The second-order valence-corrected chi connectivity index (χ2v) is 4.01. The molecule has 5 heteroatoms. The Morgan fingerprint density at radius 3 is 2.60 bits per heavy atom. The minimum absolute atomic E-state index is 0.374. The summed E-state index contributed by atoms with van der Waals surface area (Å²) in [6.07, 6.45) is 2.10. The van der Waals surface area contributed by atoms with Crippen molar-refractivity contribution in [3.05, 3.63) is 0 Å². The average molecular weight is 215 g/mol. The molecule has 1 unspecified atom stereocenters. The highest BCUT2D eigenvalue weighted by Crippen LogP contribution is 1.92. The van der Waals surface area contributed by atoms with E-state index in [0.29, 0.717) is 12.0 Å². The fourth-order valence-electron chi connectivity index (χ4n) is 1.11. The van der Waals surface area contributed by atoms with Gasteiger partial charge in [-0.25, -0.2) is 5.84 Å². The normalized spacial score (nSPS) is 14.1. The van der Waals surface area contributed by atoms with Gasteiger partial charge in [-0.05, 0) is 40.4 Å². The van der Waals surface area contributed by atoms with Crippen LogP contribution in [-0.4, -0.2) is 44.1 Å². The first-order chi connectivity index (χ1) is 7.10. The zero-order valence-electron chi connectivity index (χ0n) is 10.4. The number of nitrogens with two attached hydrogens (primary N) is 1. The Kier molecular flexibility index (Phi) is 8.04. The lowest BCUT2D eigenvalue weighted by Gasteiger charge is -2.18. The summed E-state index contributed by atoms with van der Waals surface area (Å²) in [6.45, 7) is 6.07. The summed E-state index contributed by atoms with van der Waals surface area (Å²) in [7, 11) is 4.14. The maximum atomic E-state index is 5.36. The van der Waals surface area contributed by atoms with Crippen molar-refractivity contribution in [2.45, 2.75) is 32.7 Å². The van der Waals surface area contributed by atoms with E-state index in [1.165, 1.54) is 0 Å². The fraction of sp³-hybridized carbons (Fsp3) is 0.900. The van der Waals surface area contributed by atoms with Gasteiger partial charge in [0.2, 0.25) is 5.96 Å². The Morgan fingerprint density at radius 1 is 1.47 bits per heavy atom. The average Bonchev–Trinajstić information content (AvgIpc) is 2.21. The van der Waals surface area contributed by atoms with Crippen molar-refractivity contribution in [1.82, 2.24) is 15.6 Å². The van der Waals surface area contributed by atoms with E-state index in [9.17, 15) is 0 Å². The molecule has 1 atom stereocenters. The van der Waals surface area contributed by atoms with Crippen molar-refractivity contribution in [1.29, 1.82) is 0 Å². The van der Waals surface area contributed by atoms with Crippen molar-refractivity contribution in [3.8, 4) is 0 Å². The lowest BCUT2D eigenvalue weighted by Crippen LogP contribution is -2.46. The second-order valence-electron chi connectivity index (χ2n) is 4.01. The van der Waals surface area contributed by atoms with E-state index in [4.69, 9.17) is 5.84 Å². The molecule has 0 aliphatic carbocycles. The van der Waals surface area contributed by atoms with E-state index < -0.39 is 0 Å². The van der Waals surface area contributed by atoms with Gasteiger partial charge in [-0.3, -0.25) is 10.4 Å². The van der Waals surface area contributed by atoms with Gasteiger partial charge in [-0.1, -0.05) is 6.92 Å². The van der Waals surface area contributed by atoms with Gasteiger partial charge >= 0.3 is 0 Å². The maximum Gasteiger partial charge on any atom is 0.205 e. The maximum absolute atomic E-state index is 5.36. The van der Waals surface area contributed by atoms with Gasteiger partial charge in [-0.15, -0.1) is 0 Å². The van der Waals surface area contributed by atoms with Crippen LogP contribution in [0.1, 0.15) is 26.7 Å². The fourth-order valence-corrected chi connectivity index (χ4v) is 1.11. The third-order valence-corrected chi connectivity index (χ3v) is 2.02. The summed E-state index contributed by atoms with van der Waals surface area (Å²) in [5.41, 5.74) is 2.58. The van der Waals surface area contributed by atoms with Gasteiger partial charge in [0.25, 0.3) is 0 Å². The molecule has 0 bridgehead atoms. The van der Waals surface area contributed by atoms with Crippen LogP contribution in [-0.2, 0) is 0 Å². The highest BCUT2D eigenvalue weighted by atomic mass is 15.3. The van der Waals surface area contributed by atoms with Crippen LogP contribution in [0.25, 0.3) is 0 Å². The molecule has 0 radical (unpaired) electrons. The van der Waals surface area contributed by atoms with E-state index in [1.54, 1.807) is 0 Å². The van der Waals surface area contributed by atoms with Crippen molar-refractivity contribution < 1.29 is 0 Å². The molecule has 0 aromatic heterocycles. The molecular weight excluding hydrogens is 190 g/mol. The number of nitrogens with one attached hydrogen (secondary N) is 2. The second kappa shape index (κ2) is 8.49. The first kappa shape index (κ1) is 14.2. The lowest BCUT2D eigenvalue weighted by molar-refractivity contribution is 0.378. The number of hydrogen-bond donors (Lipinski definition) is 3. The van der Waals surface area contributed by atoms with Crippen LogP contribution in [0.2, 0.25) is 0 Å². The van der Waals surface area contributed by atoms with Gasteiger partial charge in [0.05, 0.1) is 0 Å². The molecule has 0 aromatic rings. The van der Waals surface area contributed by atoms with Crippen LogP contribution in [0.5, 0.6) is 0 Å². The van der Waals surface area contributed by atoms with E-state index in [-0.39, 0.29) is 0 Å². The molecule has 0 aliphatic heterocycles. The first-order valence-electron chi connectivity index (χ1n) is 5.52. The number of aliphatic imine (C=N–C) groups is 1. The standard InChI is InChI=1S/C10H25N5/c1-5-7-12-10(14-11)13-9(2)6-8-15(3)4/h9H,5-8,11H2,1-4H3,(H2,12,13,14). The summed E-state index contributed by atoms with van der Waals surface area (Å²) in [6, 6.07) is 0.374. The van der Waals surface area contributed by atoms with Crippen LogP contribution in [0.4, 0.5) is 0 Å². The largest absolute Gasteiger partial charge is 0.353 e. The molecule has 4 N–H and O–H groups in total. The third kappa shape index (κ3) is 8.20. The summed E-state index contributed by atoms with van der Waals surface area (Å²) in [5.74, 6) is 6.05. The minimum atomic E-state index is 0.374. The topological polar surface area (TPSA) is 65.7 Å². The Morgan fingerprint density at radius 2 is 2.13 bits per heavy atom. The molecule has 0 saturated carbocycles. The van der Waals surface area contributed by atoms with E-state index in [0.717, 1.165) is 25.9 Å². The van der Waals surface area contributed by atoms with Crippen LogP contribution >= 0.6 is 0 Å². The quantitative estimate of drug-likeness (QED) is 0.255. The Labute approximate surface area is 93.1 Å². The highest BCUT2D eigenvalue weighted by molar-refractivity contribution is 5.79. The first-order valence-corrected chi connectivity index (χ1v) is 5.52. The monoisotopic (exact) mass is 215 g/mol. The highest BCUT2D eigenvalue weighted by Gasteiger charge is 2.04. The molecule has 0 rings (SSSR count). The van der Waals surface area contributed by atoms with Gasteiger partial charge in [0.1, 0.15) is 0 Å². The van der Waals surface area contributed by atoms with Crippen LogP contribution in [0.3, 0.4) is 0 Å². The summed E-state index contributed by atoms with van der Waals surface area (Å²) in [4.78, 5) is 6.45. The predicted octanol–water partition coefficient (Wildman–Crippen LogP) is 0.146. The van der Waals surface area contributed by atoms with Gasteiger partial charge in [-0.2, -0.15) is 0 Å². The molecule has 0 fully saturated rings. The zero-order valence-corrected chi connectivity index (χ0v) is 10.4. The third-order valence-electron chi connectivity index (χ3n) is 2.02. The number of hydrogen-bond acceptors (Lipinski definition) is 3. The Hall–Kier alpha value is -0.810. The Bertz CT molecular complexity index is 179. The van der Waals surface area contributed by atoms with Gasteiger partial charge in [0, 0.05) is 12.6 Å². The predicted molar refractivity (Wildman–Crippen MR) is 65.7 cm³/mol. The molecule has 0 amide bonds. The van der Waals surface area contributed by atoms with Crippen molar-refractivity contribution in [3.63, 3.8) is 0 Å². The van der Waals surface area contributed by atoms with E-state index >= 15 is 0 Å². The summed E-state index contributed by atoms with van der Waals surface area (Å²) < 4.78 is 0. The molecule has 90 valence electrons. The molecule has 5 nitrogen and oxygen atoms in total. The van der Waals surface area contributed by atoms with Crippen molar-refractivity contribution in [2.24, 2.45) is 10.8 Å².